The molecule has 4 saturated carbocycles. The summed E-state index contributed by atoms with van der Waals surface area (Å²) >= 11 is 0. The van der Waals surface area contributed by atoms with Gasteiger partial charge in [-0.05, 0) is 76.0 Å². The summed E-state index contributed by atoms with van der Waals surface area (Å²) in [4.78, 5) is 16.8. The van der Waals surface area contributed by atoms with Gasteiger partial charge < -0.3 is 20.3 Å². The van der Waals surface area contributed by atoms with E-state index < -0.39 is 17.0 Å². The zero-order chi connectivity index (χ0) is 20.6. The lowest BCUT2D eigenvalue weighted by Crippen LogP contribution is -2.56. The van der Waals surface area contributed by atoms with Crippen LogP contribution in [0.2, 0.25) is 0 Å². The highest BCUT2D eigenvalue weighted by Gasteiger charge is 2.59. The number of nitrogens with zero attached hydrogens (tertiary/aromatic N) is 2. The SMILES string of the molecule is CC(CC#N)(OCC1CCCCO1)C(N)=NC1C2CC3CC1CC(C(=O)O)(C3)C2. The summed E-state index contributed by atoms with van der Waals surface area (Å²) in [5.74, 6) is 0.767. The molecule has 4 aliphatic carbocycles. The van der Waals surface area contributed by atoms with Crippen LogP contribution in [-0.2, 0) is 14.3 Å². The smallest absolute Gasteiger partial charge is 0.309 e. The Hall–Kier alpha value is -1.65. The van der Waals surface area contributed by atoms with Gasteiger partial charge in [-0.15, -0.1) is 0 Å². The number of carboxylic acids is 1. The Morgan fingerprint density at radius 2 is 2.07 bits per heavy atom. The monoisotopic (exact) mass is 403 g/mol. The quantitative estimate of drug-likeness (QED) is 0.498. The van der Waals surface area contributed by atoms with E-state index in [1.807, 2.05) is 6.92 Å². The molecule has 0 spiro atoms. The number of hydrogen-bond donors (Lipinski definition) is 2. The van der Waals surface area contributed by atoms with Crippen molar-refractivity contribution >= 4 is 11.8 Å². The van der Waals surface area contributed by atoms with E-state index in [0.717, 1.165) is 45.1 Å². The van der Waals surface area contributed by atoms with Crippen molar-refractivity contribution in [2.45, 2.75) is 82.5 Å². The van der Waals surface area contributed by atoms with Crippen LogP contribution in [0.15, 0.2) is 4.99 Å². The second-order valence-electron chi connectivity index (χ2n) is 9.93. The molecule has 7 nitrogen and oxygen atoms in total. The minimum absolute atomic E-state index is 0.0474. The molecule has 0 aromatic rings. The molecule has 3 N–H and O–H groups in total. The number of carbonyl (C=O) groups is 1. The van der Waals surface area contributed by atoms with Crippen LogP contribution in [0.1, 0.15) is 64.7 Å². The summed E-state index contributed by atoms with van der Waals surface area (Å²) in [6, 6.07) is 2.24. The minimum Gasteiger partial charge on any atom is -0.481 e. The molecule has 1 heterocycles. The molecule has 5 rings (SSSR count). The first kappa shape index (κ1) is 20.6. The van der Waals surface area contributed by atoms with Crippen LogP contribution in [0.25, 0.3) is 0 Å². The Bertz CT molecular complexity index is 695. The van der Waals surface area contributed by atoms with E-state index in [-0.39, 0.29) is 30.4 Å². The van der Waals surface area contributed by atoms with Crippen LogP contribution in [0.5, 0.6) is 0 Å². The van der Waals surface area contributed by atoms with Gasteiger partial charge >= 0.3 is 5.97 Å². The van der Waals surface area contributed by atoms with Crippen molar-refractivity contribution in [3.63, 3.8) is 0 Å². The molecule has 0 aromatic carbocycles. The number of rotatable bonds is 7. The third-order valence-corrected chi connectivity index (χ3v) is 7.79. The average molecular weight is 404 g/mol. The summed E-state index contributed by atoms with van der Waals surface area (Å²) < 4.78 is 11.9. The lowest BCUT2D eigenvalue weighted by atomic mass is 9.48. The van der Waals surface area contributed by atoms with E-state index in [0.29, 0.717) is 31.2 Å². The van der Waals surface area contributed by atoms with Crippen molar-refractivity contribution in [2.75, 3.05) is 13.2 Å². The number of nitriles is 1. The number of nitrogens with two attached hydrogens (primary N) is 1. The Balaban J connectivity index is 1.48. The molecule has 1 saturated heterocycles. The van der Waals surface area contributed by atoms with E-state index in [1.54, 1.807) is 0 Å². The number of aliphatic carboxylic acids is 1. The summed E-state index contributed by atoms with van der Waals surface area (Å²) in [5.41, 5.74) is 4.95. The summed E-state index contributed by atoms with van der Waals surface area (Å²) in [6.45, 7) is 3.01. The Morgan fingerprint density at radius 3 is 2.66 bits per heavy atom. The first-order chi connectivity index (χ1) is 13.8. The second kappa shape index (κ2) is 7.88. The van der Waals surface area contributed by atoms with Gasteiger partial charge in [0, 0.05) is 6.61 Å². The molecule has 1 aliphatic heterocycles. The van der Waals surface area contributed by atoms with Crippen molar-refractivity contribution in [3.8, 4) is 6.07 Å². The number of hydrogen-bond acceptors (Lipinski definition) is 5. The van der Waals surface area contributed by atoms with Gasteiger partial charge in [-0.3, -0.25) is 9.79 Å². The molecule has 0 aromatic heterocycles. The fourth-order valence-electron chi connectivity index (χ4n) is 6.35. The van der Waals surface area contributed by atoms with E-state index in [4.69, 9.17) is 20.2 Å². The van der Waals surface area contributed by atoms with Gasteiger partial charge in [-0.2, -0.15) is 5.26 Å². The molecule has 29 heavy (non-hydrogen) atoms. The molecule has 160 valence electrons. The molecule has 4 unspecified atom stereocenters. The number of ether oxygens (including phenoxy) is 2. The second-order valence-corrected chi connectivity index (χ2v) is 9.93. The maximum absolute atomic E-state index is 11.9. The van der Waals surface area contributed by atoms with Gasteiger partial charge in [0.05, 0.1) is 36.7 Å². The predicted octanol–water partition coefficient (Wildman–Crippen LogP) is 2.88. The van der Waals surface area contributed by atoms with Crippen molar-refractivity contribution in [1.29, 1.82) is 5.26 Å². The highest BCUT2D eigenvalue weighted by atomic mass is 16.5. The van der Waals surface area contributed by atoms with E-state index in [1.165, 1.54) is 0 Å². The third-order valence-electron chi connectivity index (χ3n) is 7.79. The molecule has 0 amide bonds. The zero-order valence-corrected chi connectivity index (χ0v) is 17.3. The molecule has 4 atom stereocenters. The van der Waals surface area contributed by atoms with Crippen LogP contribution >= 0.6 is 0 Å². The van der Waals surface area contributed by atoms with Crippen molar-refractivity contribution in [1.82, 2.24) is 0 Å². The minimum atomic E-state index is -0.936. The van der Waals surface area contributed by atoms with Crippen molar-refractivity contribution in [2.24, 2.45) is 33.9 Å². The normalized spacial score (nSPS) is 41.0. The van der Waals surface area contributed by atoms with Crippen molar-refractivity contribution < 1.29 is 19.4 Å². The molecular weight excluding hydrogens is 370 g/mol. The first-order valence-corrected chi connectivity index (χ1v) is 11.0. The highest BCUT2D eigenvalue weighted by molar-refractivity contribution is 5.89. The van der Waals surface area contributed by atoms with Crippen LogP contribution < -0.4 is 5.73 Å². The fraction of sp³-hybridized carbons (Fsp3) is 0.864. The maximum Gasteiger partial charge on any atom is 0.309 e. The van der Waals surface area contributed by atoms with Gasteiger partial charge in [0.15, 0.2) is 0 Å². The summed E-state index contributed by atoms with van der Waals surface area (Å²) in [7, 11) is 0. The largest absolute Gasteiger partial charge is 0.481 e. The first-order valence-electron chi connectivity index (χ1n) is 11.0. The van der Waals surface area contributed by atoms with Crippen LogP contribution in [-0.4, -0.2) is 47.9 Å². The van der Waals surface area contributed by atoms with E-state index in [9.17, 15) is 15.2 Å². The summed E-state index contributed by atoms with van der Waals surface area (Å²) in [5, 5.41) is 19.2. The maximum atomic E-state index is 11.9. The Kier molecular flexibility index (Phi) is 5.60. The van der Waals surface area contributed by atoms with Gasteiger partial charge in [0.1, 0.15) is 11.4 Å². The lowest BCUT2D eigenvalue weighted by Gasteiger charge is -2.57. The Labute approximate surface area is 172 Å². The van der Waals surface area contributed by atoms with Gasteiger partial charge in [-0.1, -0.05) is 0 Å². The molecule has 5 fully saturated rings. The van der Waals surface area contributed by atoms with Crippen LogP contribution in [0.3, 0.4) is 0 Å². The predicted molar refractivity (Wildman–Crippen MR) is 107 cm³/mol. The Morgan fingerprint density at radius 1 is 1.34 bits per heavy atom. The van der Waals surface area contributed by atoms with Gasteiger partial charge in [0.2, 0.25) is 0 Å². The lowest BCUT2D eigenvalue weighted by molar-refractivity contribution is -0.166. The number of aliphatic imine (C=N–C) groups is 1. The molecule has 7 heteroatoms. The van der Waals surface area contributed by atoms with E-state index in [2.05, 4.69) is 6.07 Å². The topological polar surface area (TPSA) is 118 Å². The highest BCUT2D eigenvalue weighted by Crippen LogP contribution is 2.61. The summed E-state index contributed by atoms with van der Waals surface area (Å²) in [6.07, 6.45) is 7.65. The van der Waals surface area contributed by atoms with Crippen molar-refractivity contribution in [3.05, 3.63) is 0 Å². The van der Waals surface area contributed by atoms with Crippen LogP contribution in [0, 0.1) is 34.5 Å². The van der Waals surface area contributed by atoms with Gasteiger partial charge in [-0.25, -0.2) is 0 Å². The molecule has 0 radical (unpaired) electrons. The fourth-order valence-corrected chi connectivity index (χ4v) is 6.35. The average Bonchev–Trinajstić information content (AvgIpc) is 2.69. The van der Waals surface area contributed by atoms with Crippen LogP contribution in [0.4, 0.5) is 0 Å². The molecule has 4 bridgehead atoms. The number of amidine groups is 1. The van der Waals surface area contributed by atoms with Gasteiger partial charge in [0.25, 0.3) is 0 Å². The molecule has 5 aliphatic rings. The molecular formula is C22H33N3O4. The number of carboxylic acid groups (broad SMARTS) is 1. The van der Waals surface area contributed by atoms with E-state index >= 15 is 0 Å². The standard InChI is InChI=1S/C22H33N3O4/c1-21(5-6-23,29-13-17-4-2-3-7-28-17)19(24)25-18-15-8-14-9-16(18)12-22(10-14,11-15)20(26)27/h14-18H,2-5,7-13H2,1H3,(H2,24,25)(H,26,27). The zero-order valence-electron chi connectivity index (χ0n) is 17.3. The third kappa shape index (κ3) is 3.89.